The van der Waals surface area contributed by atoms with E-state index in [9.17, 15) is 9.59 Å². The average Bonchev–Trinajstić information content (AvgIpc) is 2.68. The fourth-order valence-corrected chi connectivity index (χ4v) is 3.64. The Balaban J connectivity index is 1.69. The number of piperidine rings is 2. The monoisotopic (exact) mass is 379 g/mol. The van der Waals surface area contributed by atoms with Crippen molar-refractivity contribution in [3.8, 4) is 0 Å². The first-order valence-corrected chi connectivity index (χ1v) is 10.1. The summed E-state index contributed by atoms with van der Waals surface area (Å²) in [6.45, 7) is 3.99. The highest BCUT2D eigenvalue weighted by Gasteiger charge is 2.31. The van der Waals surface area contributed by atoms with Gasteiger partial charge in [0.2, 0.25) is 11.8 Å². The topological polar surface area (TPSA) is 70.2 Å². The van der Waals surface area contributed by atoms with Crippen LogP contribution in [0.1, 0.15) is 26.2 Å². The van der Waals surface area contributed by atoms with Crippen LogP contribution in [0.3, 0.4) is 0 Å². The molecule has 0 bridgehead atoms. The van der Waals surface area contributed by atoms with Gasteiger partial charge in [-0.05, 0) is 56.0 Å². The van der Waals surface area contributed by atoms with Crippen molar-refractivity contribution in [3.63, 3.8) is 0 Å². The van der Waals surface area contributed by atoms with Crippen molar-refractivity contribution in [2.24, 2.45) is 11.8 Å². The predicted molar refractivity (Wildman–Crippen MR) is 112 cm³/mol. The SMILES string of the molecule is CC1CC(NC2=C\C=C/C=C\C(C3CCNCC3)=C/C=C\C=C2)C(=O)NC1=O. The number of imide groups is 1. The Kier molecular flexibility index (Phi) is 7.20. The maximum Gasteiger partial charge on any atom is 0.249 e. The van der Waals surface area contributed by atoms with Gasteiger partial charge in [-0.15, -0.1) is 0 Å². The number of carbonyl (C=O) groups excluding carboxylic acids is 2. The number of hydrogen-bond donors (Lipinski definition) is 3. The number of amides is 2. The summed E-state index contributed by atoms with van der Waals surface area (Å²) in [5.41, 5.74) is 2.19. The molecule has 28 heavy (non-hydrogen) atoms. The smallest absolute Gasteiger partial charge is 0.249 e. The summed E-state index contributed by atoms with van der Waals surface area (Å²) in [6.07, 6.45) is 23.2. The Morgan fingerprint density at radius 2 is 1.61 bits per heavy atom. The van der Waals surface area contributed by atoms with Crippen molar-refractivity contribution in [2.45, 2.75) is 32.2 Å². The molecule has 0 radical (unpaired) electrons. The molecule has 2 aliphatic heterocycles. The maximum atomic E-state index is 12.1. The molecule has 1 aliphatic carbocycles. The minimum Gasteiger partial charge on any atom is -0.374 e. The van der Waals surface area contributed by atoms with E-state index in [4.69, 9.17) is 0 Å². The van der Waals surface area contributed by atoms with Gasteiger partial charge in [0.1, 0.15) is 6.04 Å². The number of nitrogens with one attached hydrogen (secondary N) is 3. The number of carbonyl (C=O) groups is 2. The Morgan fingerprint density at radius 1 is 0.893 bits per heavy atom. The zero-order valence-electron chi connectivity index (χ0n) is 16.4. The third-order valence-electron chi connectivity index (χ3n) is 5.32. The summed E-state index contributed by atoms with van der Waals surface area (Å²) >= 11 is 0. The molecule has 5 nitrogen and oxygen atoms in total. The van der Waals surface area contributed by atoms with Crippen molar-refractivity contribution < 1.29 is 9.59 Å². The maximum absolute atomic E-state index is 12.1. The van der Waals surface area contributed by atoms with Gasteiger partial charge in [0.25, 0.3) is 0 Å². The van der Waals surface area contributed by atoms with Crippen LogP contribution in [0.5, 0.6) is 0 Å². The highest BCUT2D eigenvalue weighted by atomic mass is 16.2. The van der Waals surface area contributed by atoms with Gasteiger partial charge in [-0.25, -0.2) is 0 Å². The van der Waals surface area contributed by atoms with Gasteiger partial charge in [-0.3, -0.25) is 14.9 Å². The highest BCUT2D eigenvalue weighted by Crippen LogP contribution is 2.23. The van der Waals surface area contributed by atoms with Gasteiger partial charge in [-0.1, -0.05) is 55.5 Å². The summed E-state index contributed by atoms with van der Waals surface area (Å²) < 4.78 is 0. The van der Waals surface area contributed by atoms with Crippen LogP contribution in [0.15, 0.2) is 72.0 Å². The standard InChI is InChI=1S/C23H29N3O2/c1-17-16-21(23(28)26-22(17)27)25-20-10-6-2-4-8-18(9-5-3-7-11-20)19-12-14-24-15-13-19/h2-11,17,19,21,24-25H,12-16H2,1H3,(H,26,27,28)/b4-2-,5-3?,6-2?,7-3-,8-4?,9-5-,10-6?,11-7?,18-8+,18-9?,20-10?,20-11?. The van der Waals surface area contributed by atoms with E-state index in [1.165, 1.54) is 18.4 Å². The molecule has 3 rings (SSSR count). The summed E-state index contributed by atoms with van der Waals surface area (Å²) in [4.78, 5) is 23.7. The summed E-state index contributed by atoms with van der Waals surface area (Å²) in [5.74, 6) is -0.0410. The molecular formula is C23H29N3O2. The van der Waals surface area contributed by atoms with Gasteiger partial charge in [0.05, 0.1) is 0 Å². The second kappa shape index (κ2) is 10.0. The summed E-state index contributed by atoms with van der Waals surface area (Å²) in [5, 5.41) is 9.09. The molecule has 2 saturated heterocycles. The minimum absolute atomic E-state index is 0.178. The van der Waals surface area contributed by atoms with Crippen molar-refractivity contribution in [2.75, 3.05) is 13.1 Å². The Morgan fingerprint density at radius 3 is 2.39 bits per heavy atom. The van der Waals surface area contributed by atoms with Crippen molar-refractivity contribution >= 4 is 11.8 Å². The first-order chi connectivity index (χ1) is 13.6. The van der Waals surface area contributed by atoms with Crippen LogP contribution in [0.25, 0.3) is 0 Å². The lowest BCUT2D eigenvalue weighted by Crippen LogP contribution is -2.53. The van der Waals surface area contributed by atoms with Crippen molar-refractivity contribution in [1.82, 2.24) is 16.0 Å². The number of rotatable bonds is 3. The van der Waals surface area contributed by atoms with Crippen LogP contribution < -0.4 is 16.0 Å². The molecule has 2 fully saturated rings. The van der Waals surface area contributed by atoms with E-state index in [1.807, 2.05) is 43.4 Å². The molecular weight excluding hydrogens is 350 g/mol. The van der Waals surface area contributed by atoms with Crippen LogP contribution in [0.4, 0.5) is 0 Å². The lowest BCUT2D eigenvalue weighted by molar-refractivity contribution is -0.137. The molecule has 0 spiro atoms. The van der Waals surface area contributed by atoms with Crippen LogP contribution in [0, 0.1) is 11.8 Å². The molecule has 2 unspecified atom stereocenters. The van der Waals surface area contributed by atoms with Gasteiger partial charge < -0.3 is 10.6 Å². The van der Waals surface area contributed by atoms with Crippen LogP contribution in [-0.4, -0.2) is 30.9 Å². The van der Waals surface area contributed by atoms with Crippen LogP contribution >= 0.6 is 0 Å². The normalized spacial score (nSPS) is 32.0. The van der Waals surface area contributed by atoms with E-state index in [0.717, 1.165) is 18.8 Å². The van der Waals surface area contributed by atoms with E-state index < -0.39 is 6.04 Å². The summed E-state index contributed by atoms with van der Waals surface area (Å²) in [7, 11) is 0. The first-order valence-electron chi connectivity index (χ1n) is 10.1. The predicted octanol–water partition coefficient (Wildman–Crippen LogP) is 2.68. The lowest BCUT2D eigenvalue weighted by Gasteiger charge is -2.27. The van der Waals surface area contributed by atoms with Crippen LogP contribution in [0.2, 0.25) is 0 Å². The second-order valence-corrected chi connectivity index (χ2v) is 7.49. The highest BCUT2D eigenvalue weighted by molar-refractivity contribution is 6.01. The molecule has 148 valence electrons. The molecule has 3 aliphatic rings. The molecule has 0 aromatic rings. The quantitative estimate of drug-likeness (QED) is 0.660. The van der Waals surface area contributed by atoms with E-state index in [-0.39, 0.29) is 17.7 Å². The van der Waals surface area contributed by atoms with E-state index >= 15 is 0 Å². The van der Waals surface area contributed by atoms with Crippen molar-refractivity contribution in [1.29, 1.82) is 0 Å². The average molecular weight is 380 g/mol. The van der Waals surface area contributed by atoms with Crippen molar-refractivity contribution in [3.05, 3.63) is 72.0 Å². The number of allylic oxidation sites excluding steroid dienone is 11. The van der Waals surface area contributed by atoms with Gasteiger partial charge in [0.15, 0.2) is 0 Å². The summed E-state index contributed by atoms with van der Waals surface area (Å²) in [6, 6.07) is -0.407. The number of hydrogen-bond acceptors (Lipinski definition) is 4. The third kappa shape index (κ3) is 5.67. The molecule has 0 aromatic heterocycles. The molecule has 0 aromatic carbocycles. The van der Waals surface area contributed by atoms with E-state index in [0.29, 0.717) is 12.3 Å². The molecule has 2 amide bonds. The minimum atomic E-state index is -0.407. The third-order valence-corrected chi connectivity index (χ3v) is 5.32. The Bertz CT molecular complexity index is 765. The van der Waals surface area contributed by atoms with E-state index in [2.05, 4.69) is 40.3 Å². The van der Waals surface area contributed by atoms with E-state index in [1.54, 1.807) is 0 Å². The van der Waals surface area contributed by atoms with Gasteiger partial charge >= 0.3 is 0 Å². The second-order valence-electron chi connectivity index (χ2n) is 7.49. The van der Waals surface area contributed by atoms with Crippen LogP contribution in [-0.2, 0) is 9.59 Å². The zero-order valence-corrected chi connectivity index (χ0v) is 16.4. The molecule has 3 N–H and O–H groups in total. The first kappa shape index (κ1) is 20.1. The van der Waals surface area contributed by atoms with Gasteiger partial charge in [0, 0.05) is 11.6 Å². The lowest BCUT2D eigenvalue weighted by atomic mass is 9.89. The zero-order chi connectivity index (χ0) is 19.8. The molecule has 2 atom stereocenters. The molecule has 5 heteroatoms. The molecule has 0 saturated carbocycles. The Hall–Kier alpha value is -2.66. The van der Waals surface area contributed by atoms with Gasteiger partial charge in [-0.2, -0.15) is 0 Å². The fourth-order valence-electron chi connectivity index (χ4n) is 3.64. The Labute approximate surface area is 167 Å². The largest absolute Gasteiger partial charge is 0.374 e. The fraction of sp³-hybridized carbons (Fsp3) is 0.391. The molecule has 2 heterocycles.